The number of hydrogen-bond donors (Lipinski definition) is 0. The summed E-state index contributed by atoms with van der Waals surface area (Å²) in [5, 5.41) is 0.189. The first kappa shape index (κ1) is 21.0. The van der Waals surface area contributed by atoms with E-state index >= 15 is 0 Å². The number of amides is 2. The van der Waals surface area contributed by atoms with Crippen LogP contribution in [0.1, 0.15) is 38.8 Å². The van der Waals surface area contributed by atoms with E-state index in [1.54, 1.807) is 27.3 Å². The molecule has 0 aliphatic carbocycles. The molecule has 29 heavy (non-hydrogen) atoms. The molecule has 0 spiro atoms. The van der Waals surface area contributed by atoms with Gasteiger partial charge in [-0.15, -0.1) is 0 Å². The third-order valence-electron chi connectivity index (χ3n) is 5.59. The molecule has 154 valence electrons. The van der Waals surface area contributed by atoms with Crippen LogP contribution in [0.2, 0.25) is 0 Å². The van der Waals surface area contributed by atoms with Crippen LogP contribution in [0.4, 0.5) is 5.69 Å². The van der Waals surface area contributed by atoms with Crippen LogP contribution < -0.4 is 9.64 Å². The Balaban J connectivity index is 2.19. The molecule has 1 aromatic rings. The molecule has 0 aromatic heterocycles. The first-order chi connectivity index (χ1) is 13.5. The Kier molecular flexibility index (Phi) is 5.30. The largest absolute Gasteiger partial charge is 0.496 e. The van der Waals surface area contributed by atoms with Gasteiger partial charge in [-0.3, -0.25) is 19.4 Å². The fraction of sp³-hybridized carbons (Fsp3) is 0.409. The van der Waals surface area contributed by atoms with Crippen LogP contribution in [0, 0.1) is 0 Å². The zero-order valence-corrected chi connectivity index (χ0v) is 18.8. The van der Waals surface area contributed by atoms with E-state index < -0.39 is 11.8 Å². The molecular weight excluding hydrogens is 386 g/mol. The second-order valence-corrected chi connectivity index (χ2v) is 8.27. The van der Waals surface area contributed by atoms with E-state index in [-0.39, 0.29) is 16.2 Å². The van der Waals surface area contributed by atoms with Gasteiger partial charge in [0.1, 0.15) is 11.3 Å². The van der Waals surface area contributed by atoms with Gasteiger partial charge in [0.2, 0.25) is 0 Å². The van der Waals surface area contributed by atoms with Crippen LogP contribution in [0.5, 0.6) is 5.75 Å². The topological polar surface area (TPSA) is 53.1 Å². The van der Waals surface area contributed by atoms with E-state index in [2.05, 4.69) is 38.7 Å². The Morgan fingerprint density at radius 1 is 1.14 bits per heavy atom. The maximum absolute atomic E-state index is 12.7. The first-order valence-corrected chi connectivity index (χ1v) is 9.95. The summed E-state index contributed by atoms with van der Waals surface area (Å²) < 4.78 is 5.63. The van der Waals surface area contributed by atoms with Gasteiger partial charge in [0, 0.05) is 43.5 Å². The highest BCUT2D eigenvalue weighted by molar-refractivity contribution is 7.80. The Morgan fingerprint density at radius 2 is 1.72 bits per heavy atom. The highest BCUT2D eigenvalue weighted by Gasteiger charge is 2.36. The molecule has 0 bridgehead atoms. The Hall–Kier alpha value is -2.67. The minimum absolute atomic E-state index is 0.0620. The summed E-state index contributed by atoms with van der Waals surface area (Å²) in [5.74, 6) is -0.220. The minimum atomic E-state index is -0.415. The summed E-state index contributed by atoms with van der Waals surface area (Å²) >= 11 is 5.16. The standard InChI is InChI=1S/C22H27N3O3S/c1-8-25-17-11-18(28-7)14(9-15(17)13(2)12-22(25,3)4)10-16-19(26)23(5)21(29)24(6)20(16)27/h9-12H,8H2,1-7H3. The lowest BCUT2D eigenvalue weighted by Gasteiger charge is -2.43. The molecule has 0 radical (unpaired) electrons. The number of likely N-dealkylation sites (N-methyl/N-ethyl adjacent to an activating group) is 3. The smallest absolute Gasteiger partial charge is 0.265 e. The van der Waals surface area contributed by atoms with Crippen LogP contribution in [0.15, 0.2) is 23.8 Å². The van der Waals surface area contributed by atoms with Gasteiger partial charge in [-0.1, -0.05) is 6.08 Å². The van der Waals surface area contributed by atoms with Gasteiger partial charge in [0.25, 0.3) is 11.8 Å². The molecular formula is C22H27N3O3S. The van der Waals surface area contributed by atoms with Crippen LogP contribution in [0.3, 0.4) is 0 Å². The molecule has 1 saturated heterocycles. The average Bonchev–Trinajstić information content (AvgIpc) is 2.67. The number of rotatable bonds is 3. The van der Waals surface area contributed by atoms with Crippen molar-refractivity contribution in [3.05, 3.63) is 34.9 Å². The van der Waals surface area contributed by atoms with Gasteiger partial charge in [0.15, 0.2) is 5.11 Å². The van der Waals surface area contributed by atoms with Crippen LogP contribution in [-0.4, -0.2) is 60.0 Å². The van der Waals surface area contributed by atoms with Crippen molar-refractivity contribution in [1.82, 2.24) is 9.80 Å². The van der Waals surface area contributed by atoms with Crippen LogP contribution in [-0.2, 0) is 9.59 Å². The summed E-state index contributed by atoms with van der Waals surface area (Å²) in [6.45, 7) is 9.40. The zero-order valence-electron chi connectivity index (χ0n) is 18.0. The molecule has 7 heteroatoms. The van der Waals surface area contributed by atoms with Gasteiger partial charge in [-0.25, -0.2) is 0 Å². The van der Waals surface area contributed by atoms with Crippen molar-refractivity contribution >= 4 is 46.5 Å². The fourth-order valence-corrected chi connectivity index (χ4v) is 4.28. The molecule has 2 amide bonds. The predicted octanol–water partition coefficient (Wildman–Crippen LogP) is 3.32. The number of allylic oxidation sites excluding steroid dienone is 1. The molecule has 0 N–H and O–H groups in total. The van der Waals surface area contributed by atoms with Gasteiger partial charge in [-0.05, 0) is 57.6 Å². The zero-order chi connectivity index (χ0) is 21.7. The van der Waals surface area contributed by atoms with Gasteiger partial charge < -0.3 is 9.64 Å². The lowest BCUT2D eigenvalue weighted by Crippen LogP contribution is -2.52. The fourth-order valence-electron chi connectivity index (χ4n) is 4.12. The molecule has 0 saturated carbocycles. The number of hydrogen-bond acceptors (Lipinski definition) is 5. The SMILES string of the molecule is CCN1c2cc(OC)c(C=C3C(=O)N(C)C(=S)N(C)C3=O)cc2C(C)=CC1(C)C. The lowest BCUT2D eigenvalue weighted by molar-refractivity contribution is -0.132. The Bertz CT molecular complexity index is 952. The Morgan fingerprint density at radius 3 is 2.24 bits per heavy atom. The van der Waals surface area contributed by atoms with Crippen molar-refractivity contribution < 1.29 is 14.3 Å². The normalized spacial score (nSPS) is 18.7. The molecule has 2 aliphatic rings. The molecule has 0 unspecified atom stereocenters. The van der Waals surface area contributed by atoms with E-state index in [0.29, 0.717) is 11.3 Å². The molecule has 2 aliphatic heterocycles. The molecule has 1 aromatic carbocycles. The number of benzene rings is 1. The number of carbonyl (C=O) groups is 2. The summed E-state index contributed by atoms with van der Waals surface area (Å²) in [6.07, 6.45) is 3.83. The summed E-state index contributed by atoms with van der Waals surface area (Å²) in [4.78, 5) is 30.3. The van der Waals surface area contributed by atoms with Gasteiger partial charge in [-0.2, -0.15) is 0 Å². The quantitative estimate of drug-likeness (QED) is 0.432. The maximum Gasteiger partial charge on any atom is 0.265 e. The van der Waals surface area contributed by atoms with Gasteiger partial charge in [0.05, 0.1) is 12.6 Å². The molecule has 1 fully saturated rings. The van der Waals surface area contributed by atoms with Crippen molar-refractivity contribution in [1.29, 1.82) is 0 Å². The van der Waals surface area contributed by atoms with E-state index in [0.717, 1.165) is 23.4 Å². The number of ether oxygens (including phenoxy) is 1. The highest BCUT2D eigenvalue weighted by atomic mass is 32.1. The first-order valence-electron chi connectivity index (χ1n) is 9.54. The van der Waals surface area contributed by atoms with E-state index in [4.69, 9.17) is 17.0 Å². The van der Waals surface area contributed by atoms with Crippen molar-refractivity contribution in [3.8, 4) is 5.75 Å². The third-order valence-corrected chi connectivity index (χ3v) is 6.14. The second kappa shape index (κ2) is 7.30. The molecule has 2 heterocycles. The average molecular weight is 414 g/mol. The van der Waals surface area contributed by atoms with E-state index in [1.165, 1.54) is 9.80 Å². The van der Waals surface area contributed by atoms with E-state index in [9.17, 15) is 9.59 Å². The van der Waals surface area contributed by atoms with Crippen molar-refractivity contribution in [3.63, 3.8) is 0 Å². The Labute approximate surface area is 177 Å². The predicted molar refractivity (Wildman–Crippen MR) is 120 cm³/mol. The second-order valence-electron chi connectivity index (χ2n) is 7.91. The molecule has 3 rings (SSSR count). The summed E-state index contributed by atoms with van der Waals surface area (Å²) in [7, 11) is 4.73. The van der Waals surface area contributed by atoms with Crippen LogP contribution in [0.25, 0.3) is 11.6 Å². The van der Waals surface area contributed by atoms with Crippen LogP contribution >= 0.6 is 12.2 Å². The maximum atomic E-state index is 12.7. The van der Waals surface area contributed by atoms with Crippen molar-refractivity contribution in [2.75, 3.05) is 32.6 Å². The van der Waals surface area contributed by atoms with Gasteiger partial charge >= 0.3 is 0 Å². The third kappa shape index (κ3) is 3.33. The number of carbonyl (C=O) groups excluding carboxylic acids is 2. The summed E-state index contributed by atoms with van der Waals surface area (Å²) in [5.41, 5.74) is 3.91. The minimum Gasteiger partial charge on any atom is -0.496 e. The number of thiocarbonyl (C=S) groups is 1. The van der Waals surface area contributed by atoms with E-state index in [1.807, 2.05) is 12.1 Å². The monoisotopic (exact) mass is 413 g/mol. The number of fused-ring (bicyclic) bond motifs is 1. The number of methoxy groups -OCH3 is 1. The van der Waals surface area contributed by atoms with Crippen molar-refractivity contribution in [2.24, 2.45) is 0 Å². The number of nitrogens with zero attached hydrogens (tertiary/aromatic N) is 3. The molecule has 0 atom stereocenters. The van der Waals surface area contributed by atoms with Crippen molar-refractivity contribution in [2.45, 2.75) is 33.2 Å². The highest BCUT2D eigenvalue weighted by Crippen LogP contribution is 2.42. The summed E-state index contributed by atoms with van der Waals surface area (Å²) in [6, 6.07) is 3.97. The molecule has 6 nitrogen and oxygen atoms in total. The number of anilines is 1. The lowest BCUT2D eigenvalue weighted by atomic mass is 9.87.